The van der Waals surface area contributed by atoms with Gasteiger partial charge in [0.2, 0.25) is 0 Å². The normalized spacial score (nSPS) is 10.8. The fraction of sp³-hybridized carbons (Fsp3) is 0.200. The van der Waals surface area contributed by atoms with Gasteiger partial charge in [-0.2, -0.15) is 0 Å². The molecule has 0 saturated carbocycles. The average Bonchev–Trinajstić information content (AvgIpc) is 3.12. The van der Waals surface area contributed by atoms with Crippen LogP contribution in [-0.4, -0.2) is 33.6 Å². The van der Waals surface area contributed by atoms with E-state index in [0.29, 0.717) is 16.7 Å². The number of nitrogens with zero attached hydrogens (tertiary/aromatic N) is 2. The Morgan fingerprint density at radius 3 is 2.72 bits per heavy atom. The second-order valence-electron chi connectivity index (χ2n) is 7.61. The average molecular weight is 465 g/mol. The highest BCUT2D eigenvalue weighted by Gasteiger charge is 2.15. The maximum atomic E-state index is 6.02. The SMILES string of the molecule is COc1ccc2[nH]c(C)c(CCN(Cc3cccnc3)C(=S)Nc3ccc(Cl)cc3)c2c1. The molecular weight excluding hydrogens is 440 g/mol. The number of aryl methyl sites for hydroxylation is 1. The van der Waals surface area contributed by atoms with Crippen molar-refractivity contribution in [2.24, 2.45) is 0 Å². The minimum Gasteiger partial charge on any atom is -0.497 e. The van der Waals surface area contributed by atoms with Crippen LogP contribution in [0.3, 0.4) is 0 Å². The molecule has 2 aromatic carbocycles. The summed E-state index contributed by atoms with van der Waals surface area (Å²) in [5.74, 6) is 0.852. The summed E-state index contributed by atoms with van der Waals surface area (Å²) in [6, 6.07) is 17.7. The minimum atomic E-state index is 0.659. The van der Waals surface area contributed by atoms with Gasteiger partial charge in [-0.25, -0.2) is 0 Å². The largest absolute Gasteiger partial charge is 0.497 e. The molecule has 0 aliphatic heterocycles. The third-order valence-corrected chi connectivity index (χ3v) is 6.05. The van der Waals surface area contributed by atoms with Gasteiger partial charge in [-0.1, -0.05) is 17.7 Å². The van der Waals surface area contributed by atoms with Gasteiger partial charge >= 0.3 is 0 Å². The fourth-order valence-electron chi connectivity index (χ4n) is 3.76. The quantitative estimate of drug-likeness (QED) is 0.330. The summed E-state index contributed by atoms with van der Waals surface area (Å²) in [6.07, 6.45) is 4.49. The van der Waals surface area contributed by atoms with E-state index in [2.05, 4.69) is 45.3 Å². The molecule has 0 aliphatic carbocycles. The maximum Gasteiger partial charge on any atom is 0.173 e. The van der Waals surface area contributed by atoms with E-state index in [1.165, 1.54) is 10.9 Å². The van der Waals surface area contributed by atoms with Crippen LogP contribution in [0.2, 0.25) is 5.02 Å². The number of anilines is 1. The van der Waals surface area contributed by atoms with Gasteiger partial charge in [-0.05, 0) is 85.2 Å². The Bertz CT molecular complexity index is 1210. The topological polar surface area (TPSA) is 53.2 Å². The molecule has 2 N–H and O–H groups in total. The highest BCUT2D eigenvalue weighted by Crippen LogP contribution is 2.27. The number of H-pyrrole nitrogens is 1. The number of hydrogen-bond acceptors (Lipinski definition) is 3. The van der Waals surface area contributed by atoms with Gasteiger partial charge in [0.25, 0.3) is 0 Å². The van der Waals surface area contributed by atoms with Gasteiger partial charge in [0.05, 0.1) is 7.11 Å². The number of aromatic amines is 1. The van der Waals surface area contributed by atoms with E-state index in [9.17, 15) is 0 Å². The second-order valence-corrected chi connectivity index (χ2v) is 8.43. The van der Waals surface area contributed by atoms with Crippen LogP contribution < -0.4 is 10.1 Å². The molecule has 0 spiro atoms. The first kappa shape index (κ1) is 22.1. The molecule has 0 atom stereocenters. The van der Waals surface area contributed by atoms with Crippen LogP contribution >= 0.6 is 23.8 Å². The van der Waals surface area contributed by atoms with Crippen molar-refractivity contribution in [3.63, 3.8) is 0 Å². The standard InChI is InChI=1S/C25H25ClN4OS/c1-17-22(23-14-21(31-2)9-10-24(23)28-17)11-13-30(16-18-4-3-12-27-15-18)25(32)29-20-7-5-19(26)6-8-20/h3-10,12,14-15,28H,11,13,16H2,1-2H3,(H,29,32). The third kappa shape index (κ3) is 5.21. The van der Waals surface area contributed by atoms with Crippen molar-refractivity contribution in [1.29, 1.82) is 0 Å². The molecule has 0 amide bonds. The van der Waals surface area contributed by atoms with Crippen LogP contribution in [0.5, 0.6) is 5.75 Å². The summed E-state index contributed by atoms with van der Waals surface area (Å²) < 4.78 is 5.43. The Balaban J connectivity index is 1.56. The predicted molar refractivity (Wildman–Crippen MR) is 136 cm³/mol. The fourth-order valence-corrected chi connectivity index (χ4v) is 4.16. The first-order chi connectivity index (χ1) is 15.5. The number of pyridine rings is 1. The lowest BCUT2D eigenvalue weighted by molar-refractivity contribution is 0.415. The lowest BCUT2D eigenvalue weighted by atomic mass is 10.1. The Kier molecular flexibility index (Phi) is 6.93. The molecule has 0 radical (unpaired) electrons. The molecule has 4 aromatic rings. The molecule has 32 heavy (non-hydrogen) atoms. The van der Waals surface area contributed by atoms with Crippen molar-refractivity contribution in [2.75, 3.05) is 19.0 Å². The zero-order valence-electron chi connectivity index (χ0n) is 18.1. The first-order valence-corrected chi connectivity index (χ1v) is 11.2. The van der Waals surface area contributed by atoms with E-state index in [4.69, 9.17) is 28.6 Å². The van der Waals surface area contributed by atoms with Gasteiger partial charge in [-0.15, -0.1) is 0 Å². The summed E-state index contributed by atoms with van der Waals surface area (Å²) in [4.78, 5) is 9.90. The van der Waals surface area contributed by atoms with Crippen LogP contribution in [0, 0.1) is 6.92 Å². The highest BCUT2D eigenvalue weighted by molar-refractivity contribution is 7.80. The number of rotatable bonds is 7. The Morgan fingerprint density at radius 2 is 2.00 bits per heavy atom. The molecular formula is C25H25ClN4OS. The van der Waals surface area contributed by atoms with Crippen molar-refractivity contribution in [2.45, 2.75) is 19.9 Å². The molecule has 2 aromatic heterocycles. The number of ether oxygens (including phenoxy) is 1. The molecule has 0 bridgehead atoms. The molecule has 2 heterocycles. The molecule has 7 heteroatoms. The van der Waals surface area contributed by atoms with Gasteiger partial charge in [-0.3, -0.25) is 4.98 Å². The molecule has 5 nitrogen and oxygen atoms in total. The Morgan fingerprint density at radius 1 is 1.19 bits per heavy atom. The van der Waals surface area contributed by atoms with E-state index in [-0.39, 0.29) is 0 Å². The molecule has 0 unspecified atom stereocenters. The highest BCUT2D eigenvalue weighted by atomic mass is 35.5. The summed E-state index contributed by atoms with van der Waals surface area (Å²) in [7, 11) is 1.69. The molecule has 0 aliphatic rings. The number of fused-ring (bicyclic) bond motifs is 1. The van der Waals surface area contributed by atoms with E-state index in [0.717, 1.165) is 41.2 Å². The number of nitrogens with one attached hydrogen (secondary N) is 2. The number of hydrogen-bond donors (Lipinski definition) is 2. The number of halogens is 1. The number of thiocarbonyl (C=S) groups is 1. The molecule has 4 rings (SSSR count). The molecule has 0 saturated heterocycles. The lowest BCUT2D eigenvalue weighted by Crippen LogP contribution is -2.36. The van der Waals surface area contributed by atoms with Crippen LogP contribution in [0.1, 0.15) is 16.8 Å². The van der Waals surface area contributed by atoms with Gasteiger partial charge in [0.15, 0.2) is 5.11 Å². The van der Waals surface area contributed by atoms with E-state index in [1.807, 2.05) is 42.6 Å². The first-order valence-electron chi connectivity index (χ1n) is 10.4. The summed E-state index contributed by atoms with van der Waals surface area (Å²) in [5, 5.41) is 5.87. The zero-order chi connectivity index (χ0) is 22.5. The summed E-state index contributed by atoms with van der Waals surface area (Å²) in [5.41, 5.74) is 5.54. The predicted octanol–water partition coefficient (Wildman–Crippen LogP) is 5.98. The van der Waals surface area contributed by atoms with E-state index >= 15 is 0 Å². The second kappa shape index (κ2) is 10.0. The van der Waals surface area contributed by atoms with E-state index in [1.54, 1.807) is 13.3 Å². The Hall–Kier alpha value is -3.09. The van der Waals surface area contributed by atoms with Crippen LogP contribution in [0.15, 0.2) is 67.0 Å². The van der Waals surface area contributed by atoms with Crippen molar-refractivity contribution >= 4 is 45.5 Å². The monoisotopic (exact) mass is 464 g/mol. The maximum absolute atomic E-state index is 6.02. The van der Waals surface area contributed by atoms with Crippen molar-refractivity contribution in [3.8, 4) is 5.75 Å². The number of benzene rings is 2. The molecule has 0 fully saturated rings. The summed E-state index contributed by atoms with van der Waals surface area (Å²) in [6.45, 7) is 3.52. The Labute approximate surface area is 198 Å². The van der Waals surface area contributed by atoms with E-state index < -0.39 is 0 Å². The van der Waals surface area contributed by atoms with Crippen LogP contribution in [0.25, 0.3) is 10.9 Å². The number of methoxy groups -OCH3 is 1. The number of aromatic nitrogens is 2. The van der Waals surface area contributed by atoms with Crippen molar-refractivity contribution in [3.05, 3.63) is 88.8 Å². The van der Waals surface area contributed by atoms with Gasteiger partial charge in [0, 0.05) is 52.8 Å². The smallest absolute Gasteiger partial charge is 0.173 e. The van der Waals surface area contributed by atoms with Gasteiger partial charge < -0.3 is 19.9 Å². The lowest BCUT2D eigenvalue weighted by Gasteiger charge is -2.26. The summed E-state index contributed by atoms with van der Waals surface area (Å²) >= 11 is 11.8. The van der Waals surface area contributed by atoms with Crippen molar-refractivity contribution < 1.29 is 4.74 Å². The third-order valence-electron chi connectivity index (χ3n) is 5.44. The zero-order valence-corrected chi connectivity index (χ0v) is 19.6. The molecule has 164 valence electrons. The minimum absolute atomic E-state index is 0.659. The van der Waals surface area contributed by atoms with Crippen molar-refractivity contribution in [1.82, 2.24) is 14.9 Å². The van der Waals surface area contributed by atoms with Crippen LogP contribution in [-0.2, 0) is 13.0 Å². The van der Waals surface area contributed by atoms with Crippen LogP contribution in [0.4, 0.5) is 5.69 Å². The van der Waals surface area contributed by atoms with Gasteiger partial charge in [0.1, 0.15) is 5.75 Å².